The number of rotatable bonds is 6. The molecule has 3 rings (SSSR count). The molecule has 3 aromatic rings. The second kappa shape index (κ2) is 8.21. The van der Waals surface area contributed by atoms with Crippen LogP contribution < -0.4 is 10.2 Å². The summed E-state index contributed by atoms with van der Waals surface area (Å²) in [6.07, 6.45) is 3.22. The first-order valence-corrected chi connectivity index (χ1v) is 8.70. The first-order chi connectivity index (χ1) is 12.3. The highest BCUT2D eigenvalue weighted by Crippen LogP contribution is 2.22. The van der Waals surface area contributed by atoms with E-state index in [-0.39, 0.29) is 5.91 Å². The maximum Gasteiger partial charge on any atom is 0.289 e. The van der Waals surface area contributed by atoms with Crippen LogP contribution in [0.3, 0.4) is 0 Å². The number of aromatic nitrogens is 1. The van der Waals surface area contributed by atoms with Gasteiger partial charge in [0.05, 0.1) is 12.8 Å². The van der Waals surface area contributed by atoms with Crippen molar-refractivity contribution in [2.24, 2.45) is 5.10 Å². The molecule has 0 spiro atoms. The lowest BCUT2D eigenvalue weighted by Gasteiger charge is -2.06. The molecule has 0 unspecified atom stereocenters. The molecule has 0 aliphatic carbocycles. The molecule has 0 atom stereocenters. The van der Waals surface area contributed by atoms with Crippen molar-refractivity contribution in [2.75, 3.05) is 6.61 Å². The van der Waals surface area contributed by atoms with Crippen molar-refractivity contribution in [3.05, 3.63) is 70.7 Å². The highest BCUT2D eigenvalue weighted by Gasteiger charge is 2.08. The summed E-state index contributed by atoms with van der Waals surface area (Å²) in [7, 11) is 0. The topological polar surface area (TPSA) is 63.6 Å². The van der Waals surface area contributed by atoms with E-state index in [9.17, 15) is 4.79 Å². The number of thiophene rings is 1. The fraction of sp³-hybridized carbons (Fsp3) is 0.105. The minimum absolute atomic E-state index is 0.315. The highest BCUT2D eigenvalue weighted by atomic mass is 32.1. The predicted molar refractivity (Wildman–Crippen MR) is 100 cm³/mol. The quantitative estimate of drug-likeness (QED) is 0.540. The lowest BCUT2D eigenvalue weighted by atomic mass is 10.1. The number of carbonyl (C=O) groups excluding carboxylic acids is 1. The van der Waals surface area contributed by atoms with E-state index in [1.165, 1.54) is 0 Å². The van der Waals surface area contributed by atoms with Crippen molar-refractivity contribution in [1.82, 2.24) is 10.4 Å². The van der Waals surface area contributed by atoms with Crippen molar-refractivity contribution in [3.8, 4) is 16.9 Å². The van der Waals surface area contributed by atoms with Crippen LogP contribution in [-0.4, -0.2) is 23.7 Å². The van der Waals surface area contributed by atoms with Crippen molar-refractivity contribution in [1.29, 1.82) is 0 Å². The largest absolute Gasteiger partial charge is 0.494 e. The first kappa shape index (κ1) is 16.9. The van der Waals surface area contributed by atoms with E-state index in [4.69, 9.17) is 4.74 Å². The van der Waals surface area contributed by atoms with Gasteiger partial charge >= 0.3 is 0 Å². The third-order valence-electron chi connectivity index (χ3n) is 3.39. The SMILES string of the molecule is CCOc1ccc(-c2ccnc(C(=O)NN=Cc3cccs3)c2)cc1. The van der Waals surface area contributed by atoms with Gasteiger partial charge in [0.25, 0.3) is 5.91 Å². The Morgan fingerprint density at radius 3 is 2.80 bits per heavy atom. The van der Waals surface area contributed by atoms with Crippen LogP contribution in [0.15, 0.2) is 65.2 Å². The van der Waals surface area contributed by atoms with Gasteiger partial charge in [-0.1, -0.05) is 18.2 Å². The molecule has 5 nitrogen and oxygen atoms in total. The number of hydrogen-bond donors (Lipinski definition) is 1. The van der Waals surface area contributed by atoms with Gasteiger partial charge in [-0.05, 0) is 53.8 Å². The fourth-order valence-corrected chi connectivity index (χ4v) is 2.81. The molecule has 6 heteroatoms. The molecule has 0 saturated heterocycles. The number of amides is 1. The summed E-state index contributed by atoms with van der Waals surface area (Å²) >= 11 is 1.55. The van der Waals surface area contributed by atoms with Gasteiger partial charge in [-0.3, -0.25) is 9.78 Å². The Morgan fingerprint density at radius 2 is 2.08 bits per heavy atom. The molecule has 2 aromatic heterocycles. The van der Waals surface area contributed by atoms with Crippen LogP contribution in [0.2, 0.25) is 0 Å². The molecule has 1 aromatic carbocycles. The standard InChI is InChI=1S/C19H17N3O2S/c1-2-24-16-7-5-14(6-8-16)15-9-10-20-18(12-15)19(23)22-21-13-17-4-3-11-25-17/h3-13H,2H2,1H3,(H,22,23). The number of pyridine rings is 1. The number of carbonyl (C=O) groups is 1. The molecule has 0 saturated carbocycles. The molecule has 1 N–H and O–H groups in total. The number of nitrogens with one attached hydrogen (secondary N) is 1. The fourth-order valence-electron chi connectivity index (χ4n) is 2.22. The van der Waals surface area contributed by atoms with Crippen LogP contribution in [0.5, 0.6) is 5.75 Å². The van der Waals surface area contributed by atoms with Crippen LogP contribution in [0, 0.1) is 0 Å². The van der Waals surface area contributed by atoms with E-state index < -0.39 is 0 Å². The zero-order valence-corrected chi connectivity index (χ0v) is 14.5. The minimum atomic E-state index is -0.347. The normalized spacial score (nSPS) is 10.8. The smallest absolute Gasteiger partial charge is 0.289 e. The maximum atomic E-state index is 12.2. The Morgan fingerprint density at radius 1 is 1.24 bits per heavy atom. The van der Waals surface area contributed by atoms with E-state index >= 15 is 0 Å². The Kier molecular flexibility index (Phi) is 5.53. The van der Waals surface area contributed by atoms with Gasteiger partial charge in [-0.15, -0.1) is 11.3 Å². The molecule has 0 radical (unpaired) electrons. The first-order valence-electron chi connectivity index (χ1n) is 7.82. The summed E-state index contributed by atoms with van der Waals surface area (Å²) in [6.45, 7) is 2.58. The van der Waals surface area contributed by atoms with Crippen LogP contribution in [0.4, 0.5) is 0 Å². The lowest BCUT2D eigenvalue weighted by Crippen LogP contribution is -2.18. The number of ether oxygens (including phenoxy) is 1. The molecule has 0 aliphatic heterocycles. The monoisotopic (exact) mass is 351 g/mol. The van der Waals surface area contributed by atoms with E-state index in [0.717, 1.165) is 21.8 Å². The average molecular weight is 351 g/mol. The van der Waals surface area contributed by atoms with Crippen molar-refractivity contribution in [2.45, 2.75) is 6.92 Å². The molecule has 1 amide bonds. The lowest BCUT2D eigenvalue weighted by molar-refractivity contribution is 0.0950. The van der Waals surface area contributed by atoms with Crippen molar-refractivity contribution < 1.29 is 9.53 Å². The molecule has 25 heavy (non-hydrogen) atoms. The average Bonchev–Trinajstić information content (AvgIpc) is 3.16. The van der Waals surface area contributed by atoms with Gasteiger partial charge < -0.3 is 4.74 Å². The number of hydrazone groups is 1. The van der Waals surface area contributed by atoms with Crippen LogP contribution in [0.25, 0.3) is 11.1 Å². The summed E-state index contributed by atoms with van der Waals surface area (Å²) in [6, 6.07) is 15.2. The van der Waals surface area contributed by atoms with Gasteiger partial charge in [-0.2, -0.15) is 5.10 Å². The van der Waals surface area contributed by atoms with E-state index in [2.05, 4.69) is 15.5 Å². The van der Waals surface area contributed by atoms with Crippen molar-refractivity contribution in [3.63, 3.8) is 0 Å². The Labute approximate surface area is 150 Å². The maximum absolute atomic E-state index is 12.2. The zero-order chi connectivity index (χ0) is 17.5. The van der Waals surface area contributed by atoms with Gasteiger partial charge in [-0.25, -0.2) is 5.43 Å². The summed E-state index contributed by atoms with van der Waals surface area (Å²) < 4.78 is 5.44. The molecular formula is C19H17N3O2S. The third kappa shape index (κ3) is 4.51. The molecule has 0 aliphatic rings. The molecule has 126 valence electrons. The zero-order valence-electron chi connectivity index (χ0n) is 13.7. The van der Waals surface area contributed by atoms with E-state index in [0.29, 0.717) is 12.3 Å². The third-order valence-corrected chi connectivity index (χ3v) is 4.20. The second-order valence-corrected chi connectivity index (χ2v) is 6.08. The number of nitrogens with zero attached hydrogens (tertiary/aromatic N) is 2. The van der Waals surface area contributed by atoms with Gasteiger partial charge in [0.1, 0.15) is 11.4 Å². The van der Waals surface area contributed by atoms with Crippen LogP contribution in [0.1, 0.15) is 22.3 Å². The van der Waals surface area contributed by atoms with E-state index in [1.807, 2.05) is 54.8 Å². The second-order valence-electron chi connectivity index (χ2n) is 5.10. The summed E-state index contributed by atoms with van der Waals surface area (Å²) in [5, 5.41) is 5.90. The van der Waals surface area contributed by atoms with Crippen molar-refractivity contribution >= 4 is 23.5 Å². The highest BCUT2D eigenvalue weighted by molar-refractivity contribution is 7.11. The molecule has 0 bridgehead atoms. The van der Waals surface area contributed by atoms with Gasteiger partial charge in [0.2, 0.25) is 0 Å². The van der Waals surface area contributed by atoms with E-state index in [1.54, 1.807) is 29.8 Å². The summed E-state index contributed by atoms with van der Waals surface area (Å²) in [5.41, 5.74) is 4.71. The number of benzene rings is 1. The van der Waals surface area contributed by atoms with Gasteiger partial charge in [0, 0.05) is 11.1 Å². The number of hydrogen-bond acceptors (Lipinski definition) is 5. The minimum Gasteiger partial charge on any atom is -0.494 e. The van der Waals surface area contributed by atoms with Crippen LogP contribution >= 0.6 is 11.3 Å². The molecular weight excluding hydrogens is 334 g/mol. The van der Waals surface area contributed by atoms with Crippen LogP contribution in [-0.2, 0) is 0 Å². The molecule has 0 fully saturated rings. The molecule has 2 heterocycles. The van der Waals surface area contributed by atoms with Gasteiger partial charge in [0.15, 0.2) is 0 Å². The Hall–Kier alpha value is -2.99. The summed E-state index contributed by atoms with van der Waals surface area (Å²) in [4.78, 5) is 17.3. The Balaban J connectivity index is 1.71. The Bertz CT molecular complexity index is 859. The predicted octanol–water partition coefficient (Wildman–Crippen LogP) is 3.97. The summed E-state index contributed by atoms with van der Waals surface area (Å²) in [5.74, 6) is 0.474.